The van der Waals surface area contributed by atoms with Crippen molar-refractivity contribution in [2.45, 2.75) is 13.0 Å². The van der Waals surface area contributed by atoms with Crippen molar-refractivity contribution in [2.24, 2.45) is 0 Å². The maximum Gasteiger partial charge on any atom is 0.283 e. The highest BCUT2D eigenvalue weighted by Crippen LogP contribution is 2.25. The molecular weight excluding hydrogens is 202 g/mol. The largest absolute Gasteiger partial charge is 0.331 e. The van der Waals surface area contributed by atoms with Crippen molar-refractivity contribution < 1.29 is 0 Å². The van der Waals surface area contributed by atoms with Gasteiger partial charge in [-0.3, -0.25) is 4.79 Å². The molecule has 1 aliphatic rings. The maximum atomic E-state index is 11.5. The van der Waals surface area contributed by atoms with E-state index in [0.29, 0.717) is 5.39 Å². The van der Waals surface area contributed by atoms with Crippen LogP contribution in [-0.4, -0.2) is 14.5 Å². The molecule has 0 unspecified atom stereocenters. The van der Waals surface area contributed by atoms with Crippen LogP contribution in [0.1, 0.15) is 5.56 Å². The molecule has 0 aliphatic carbocycles. The van der Waals surface area contributed by atoms with Crippen LogP contribution in [0.15, 0.2) is 17.3 Å². The van der Waals surface area contributed by atoms with Crippen molar-refractivity contribution in [3.05, 3.63) is 33.6 Å². The molecule has 0 N–H and O–H groups in total. The summed E-state index contributed by atoms with van der Waals surface area (Å²) in [5.41, 5.74) is 1.67. The summed E-state index contributed by atoms with van der Waals surface area (Å²) in [6.45, 7) is 0.848. The number of hydrogen-bond donors (Lipinski definition) is 0. The number of rotatable bonds is 0. The molecule has 0 fully saturated rings. The summed E-state index contributed by atoms with van der Waals surface area (Å²) in [6, 6.07) is 0. The van der Waals surface area contributed by atoms with Crippen LogP contribution in [0.3, 0.4) is 0 Å². The zero-order valence-electron chi connectivity index (χ0n) is 7.20. The average molecular weight is 208 g/mol. The summed E-state index contributed by atoms with van der Waals surface area (Å²) in [5, 5.41) is 0.696. The highest BCUT2D eigenvalue weighted by molar-refractivity contribution is 6.34. The summed E-state index contributed by atoms with van der Waals surface area (Å²) >= 11 is 5.87. The number of hydrogen-bond acceptors (Lipinski definition) is 3. The van der Waals surface area contributed by atoms with E-state index in [0.717, 1.165) is 24.0 Å². The van der Waals surface area contributed by atoms with Crippen LogP contribution in [0.4, 0.5) is 0 Å². The monoisotopic (exact) mass is 207 g/mol. The molecule has 3 heterocycles. The predicted octanol–water partition coefficient (Wildman–Crippen LogP) is 1.00. The van der Waals surface area contributed by atoms with Crippen molar-refractivity contribution in [1.82, 2.24) is 14.5 Å². The topological polar surface area (TPSA) is 47.8 Å². The lowest BCUT2D eigenvalue weighted by atomic mass is 10.2. The average Bonchev–Trinajstić information content (AvgIpc) is 2.58. The predicted molar refractivity (Wildman–Crippen MR) is 52.5 cm³/mol. The third kappa shape index (κ3) is 0.861. The van der Waals surface area contributed by atoms with E-state index in [2.05, 4.69) is 9.97 Å². The number of aromatic nitrogens is 3. The Balaban J connectivity index is 2.67. The summed E-state index contributed by atoms with van der Waals surface area (Å²) in [7, 11) is 0. The Morgan fingerprint density at radius 3 is 3.14 bits per heavy atom. The number of nitrogens with zero attached hydrogens (tertiary/aromatic N) is 3. The van der Waals surface area contributed by atoms with Gasteiger partial charge < -0.3 is 4.57 Å². The molecule has 1 aliphatic heterocycles. The maximum absolute atomic E-state index is 11.5. The molecule has 2 aromatic rings. The summed E-state index contributed by atoms with van der Waals surface area (Å²) in [4.78, 5) is 19.2. The van der Waals surface area contributed by atoms with Crippen LogP contribution in [0, 0.1) is 0 Å². The van der Waals surface area contributed by atoms with Gasteiger partial charge in [-0.1, -0.05) is 11.6 Å². The van der Waals surface area contributed by atoms with Gasteiger partial charge in [-0.25, -0.2) is 4.98 Å². The minimum Gasteiger partial charge on any atom is -0.331 e. The van der Waals surface area contributed by atoms with E-state index < -0.39 is 0 Å². The van der Waals surface area contributed by atoms with Gasteiger partial charge in [0.05, 0.1) is 11.8 Å². The van der Waals surface area contributed by atoms with E-state index in [1.807, 2.05) is 4.57 Å². The van der Waals surface area contributed by atoms with Crippen LogP contribution in [-0.2, 0) is 13.0 Å². The van der Waals surface area contributed by atoms with Crippen LogP contribution >= 0.6 is 11.6 Å². The second kappa shape index (κ2) is 2.54. The highest BCUT2D eigenvalue weighted by Gasteiger charge is 2.17. The van der Waals surface area contributed by atoms with Crippen molar-refractivity contribution in [3.63, 3.8) is 0 Å². The molecular formula is C9H6ClN3O. The Labute approximate surface area is 84.2 Å². The zero-order valence-corrected chi connectivity index (χ0v) is 7.95. The lowest BCUT2D eigenvalue weighted by Gasteiger charge is -2.02. The molecule has 0 bridgehead atoms. The van der Waals surface area contributed by atoms with Crippen molar-refractivity contribution in [3.8, 4) is 0 Å². The molecule has 14 heavy (non-hydrogen) atoms. The van der Waals surface area contributed by atoms with Crippen LogP contribution in [0.5, 0.6) is 0 Å². The molecule has 0 saturated carbocycles. The summed E-state index contributed by atoms with van der Waals surface area (Å²) in [6.07, 6.45) is 4.19. The molecule has 3 rings (SSSR count). The molecule has 0 atom stereocenters. The molecule has 0 saturated heterocycles. The standard InChI is InChI=1S/C9H6ClN3O/c10-8-6-7-5(3-11-8)1-2-13(7)4-12-9(6)14/h3-4H,1-2H2. The molecule has 5 heteroatoms. The quantitative estimate of drug-likeness (QED) is 0.606. The van der Waals surface area contributed by atoms with E-state index in [1.165, 1.54) is 0 Å². The molecule has 0 aromatic carbocycles. The molecule has 2 aromatic heterocycles. The Morgan fingerprint density at radius 1 is 1.43 bits per heavy atom. The fourth-order valence-corrected chi connectivity index (χ4v) is 2.09. The van der Waals surface area contributed by atoms with E-state index in [4.69, 9.17) is 11.6 Å². The number of pyridine rings is 1. The van der Waals surface area contributed by atoms with Gasteiger partial charge in [0.1, 0.15) is 10.5 Å². The Kier molecular flexibility index (Phi) is 1.44. The summed E-state index contributed by atoms with van der Waals surface area (Å²) in [5.74, 6) is 0. The van der Waals surface area contributed by atoms with Gasteiger partial charge in [-0.05, 0) is 12.0 Å². The first-order chi connectivity index (χ1) is 6.77. The van der Waals surface area contributed by atoms with Crippen molar-refractivity contribution in [2.75, 3.05) is 0 Å². The molecule has 0 radical (unpaired) electrons. The van der Waals surface area contributed by atoms with Crippen molar-refractivity contribution >= 4 is 22.5 Å². The smallest absolute Gasteiger partial charge is 0.283 e. The molecule has 0 spiro atoms. The Bertz CT molecular complexity index is 580. The first-order valence-corrected chi connectivity index (χ1v) is 4.67. The van der Waals surface area contributed by atoms with Crippen LogP contribution < -0.4 is 5.56 Å². The molecule has 4 nitrogen and oxygen atoms in total. The Hall–Kier alpha value is -1.42. The lowest BCUT2D eigenvalue weighted by molar-refractivity contribution is 0.747. The SMILES string of the molecule is O=c1ncn2c3c(cnc(Cl)c13)CC2. The van der Waals surface area contributed by atoms with Gasteiger partial charge in [0.15, 0.2) is 0 Å². The van der Waals surface area contributed by atoms with E-state index >= 15 is 0 Å². The highest BCUT2D eigenvalue weighted by atomic mass is 35.5. The first-order valence-electron chi connectivity index (χ1n) is 4.30. The third-order valence-corrected chi connectivity index (χ3v) is 2.81. The van der Waals surface area contributed by atoms with Gasteiger partial charge in [0.2, 0.25) is 0 Å². The second-order valence-electron chi connectivity index (χ2n) is 3.29. The number of aryl methyl sites for hydroxylation is 2. The Morgan fingerprint density at radius 2 is 2.29 bits per heavy atom. The van der Waals surface area contributed by atoms with Crippen LogP contribution in [0.2, 0.25) is 5.15 Å². The van der Waals surface area contributed by atoms with E-state index in [-0.39, 0.29) is 10.7 Å². The second-order valence-corrected chi connectivity index (χ2v) is 3.65. The van der Waals surface area contributed by atoms with Gasteiger partial charge in [-0.2, -0.15) is 4.98 Å². The van der Waals surface area contributed by atoms with Gasteiger partial charge in [0, 0.05) is 12.7 Å². The van der Waals surface area contributed by atoms with Crippen molar-refractivity contribution in [1.29, 1.82) is 0 Å². The fraction of sp³-hybridized carbons (Fsp3) is 0.222. The molecule has 0 amide bonds. The normalized spacial score (nSPS) is 13.8. The van der Waals surface area contributed by atoms with Crippen LogP contribution in [0.25, 0.3) is 10.9 Å². The van der Waals surface area contributed by atoms with Gasteiger partial charge in [0.25, 0.3) is 5.56 Å². The third-order valence-electron chi connectivity index (χ3n) is 2.52. The summed E-state index contributed by atoms with van der Waals surface area (Å²) < 4.78 is 1.94. The van der Waals surface area contributed by atoms with Gasteiger partial charge >= 0.3 is 0 Å². The van der Waals surface area contributed by atoms with E-state index in [1.54, 1.807) is 12.5 Å². The fourth-order valence-electron chi connectivity index (χ4n) is 1.87. The molecule has 70 valence electrons. The first kappa shape index (κ1) is 7.94. The van der Waals surface area contributed by atoms with Gasteiger partial charge in [-0.15, -0.1) is 0 Å². The minimum atomic E-state index is -0.294. The zero-order chi connectivity index (χ0) is 9.71. The lowest BCUT2D eigenvalue weighted by Crippen LogP contribution is -2.11. The van der Waals surface area contributed by atoms with E-state index in [9.17, 15) is 4.79 Å². The number of halogens is 1. The minimum absolute atomic E-state index is 0.248.